The third kappa shape index (κ3) is 2.54. The Morgan fingerprint density at radius 1 is 1.40 bits per heavy atom. The minimum Gasteiger partial charge on any atom is -0.493 e. The number of sulfonamides is 1. The molecule has 0 spiro atoms. The highest BCUT2D eigenvalue weighted by Crippen LogP contribution is 2.27. The molecule has 1 aromatic carbocycles. The van der Waals surface area contributed by atoms with E-state index in [1.165, 1.54) is 0 Å². The van der Waals surface area contributed by atoms with E-state index < -0.39 is 10.0 Å². The Bertz CT molecular complexity index is 602. The molecule has 1 saturated heterocycles. The van der Waals surface area contributed by atoms with Gasteiger partial charge in [-0.1, -0.05) is 0 Å². The summed E-state index contributed by atoms with van der Waals surface area (Å²) in [4.78, 5) is 0.281. The number of nitrogens with one attached hydrogen (secondary N) is 2. The zero-order valence-corrected chi connectivity index (χ0v) is 12.1. The molecule has 2 aliphatic heterocycles. The van der Waals surface area contributed by atoms with Crippen molar-refractivity contribution in [3.63, 3.8) is 0 Å². The number of fused-ring (bicyclic) bond motifs is 1. The second-order valence-electron chi connectivity index (χ2n) is 5.03. The first-order chi connectivity index (χ1) is 9.60. The van der Waals surface area contributed by atoms with Crippen LogP contribution < -0.4 is 14.8 Å². The van der Waals surface area contributed by atoms with Gasteiger partial charge in [0.2, 0.25) is 10.0 Å². The fourth-order valence-corrected chi connectivity index (χ4v) is 3.93. The van der Waals surface area contributed by atoms with Crippen LogP contribution in [0.15, 0.2) is 23.1 Å². The number of methoxy groups -OCH3 is 1. The van der Waals surface area contributed by atoms with Crippen LogP contribution in [0.5, 0.6) is 5.75 Å². The van der Waals surface area contributed by atoms with Crippen LogP contribution in [-0.2, 0) is 21.2 Å². The van der Waals surface area contributed by atoms with Crippen LogP contribution in [0.25, 0.3) is 0 Å². The van der Waals surface area contributed by atoms with Crippen molar-refractivity contribution in [3.8, 4) is 5.75 Å². The summed E-state index contributed by atoms with van der Waals surface area (Å²) in [6.07, 6.45) is 0.618. The number of rotatable bonds is 4. The van der Waals surface area contributed by atoms with E-state index in [9.17, 15) is 8.42 Å². The molecule has 1 fully saturated rings. The van der Waals surface area contributed by atoms with Crippen molar-refractivity contribution in [1.82, 2.24) is 10.0 Å². The van der Waals surface area contributed by atoms with Crippen LogP contribution in [0.1, 0.15) is 5.56 Å². The van der Waals surface area contributed by atoms with E-state index in [4.69, 9.17) is 9.47 Å². The van der Waals surface area contributed by atoms with Crippen molar-refractivity contribution >= 4 is 10.0 Å². The maximum atomic E-state index is 12.4. The van der Waals surface area contributed by atoms with E-state index in [0.29, 0.717) is 19.7 Å². The molecular formula is C13H18N2O4S. The summed E-state index contributed by atoms with van der Waals surface area (Å²) in [6, 6.07) is 4.75. The van der Waals surface area contributed by atoms with Crippen molar-refractivity contribution in [2.24, 2.45) is 0 Å². The first-order valence-corrected chi connectivity index (χ1v) is 8.10. The van der Waals surface area contributed by atoms with Gasteiger partial charge in [0.05, 0.1) is 23.6 Å². The standard InChI is InChI=1S/C13H18N2O4S/c1-18-13-8-14-7-11(13)15-20(16,17)10-2-3-12-9(6-10)4-5-19-12/h2-3,6,11,13-15H,4-5,7-8H2,1H3/t11?,13-/m0/s1. The molecule has 1 unspecified atom stereocenters. The monoisotopic (exact) mass is 298 g/mol. The average molecular weight is 298 g/mol. The maximum Gasteiger partial charge on any atom is 0.240 e. The SMILES string of the molecule is CO[C@H]1CNCC1NS(=O)(=O)c1ccc2c(c1)CCO2. The summed E-state index contributed by atoms with van der Waals surface area (Å²) in [5.41, 5.74) is 0.945. The lowest BCUT2D eigenvalue weighted by Crippen LogP contribution is -2.43. The Hall–Kier alpha value is -1.15. The van der Waals surface area contributed by atoms with Gasteiger partial charge in [-0.25, -0.2) is 13.1 Å². The summed E-state index contributed by atoms with van der Waals surface area (Å²) < 4.78 is 38.2. The molecule has 0 saturated carbocycles. The van der Waals surface area contributed by atoms with Gasteiger partial charge in [-0.2, -0.15) is 0 Å². The molecule has 3 rings (SSSR count). The Balaban J connectivity index is 1.81. The highest BCUT2D eigenvalue weighted by Gasteiger charge is 2.31. The molecule has 110 valence electrons. The number of hydrogen-bond donors (Lipinski definition) is 2. The molecular weight excluding hydrogens is 280 g/mol. The fraction of sp³-hybridized carbons (Fsp3) is 0.538. The highest BCUT2D eigenvalue weighted by molar-refractivity contribution is 7.89. The minimum atomic E-state index is -3.53. The zero-order chi connectivity index (χ0) is 14.2. The predicted octanol–water partition coefficient (Wildman–Crippen LogP) is -0.113. The lowest BCUT2D eigenvalue weighted by atomic mass is 10.2. The van der Waals surface area contributed by atoms with E-state index in [1.807, 2.05) is 0 Å². The van der Waals surface area contributed by atoms with Crippen LogP contribution in [0.3, 0.4) is 0 Å². The molecule has 2 aliphatic rings. The molecule has 0 bridgehead atoms. The molecule has 2 N–H and O–H groups in total. The smallest absolute Gasteiger partial charge is 0.240 e. The predicted molar refractivity (Wildman–Crippen MR) is 73.4 cm³/mol. The lowest BCUT2D eigenvalue weighted by molar-refractivity contribution is 0.103. The molecule has 0 radical (unpaired) electrons. The van der Waals surface area contributed by atoms with Crippen molar-refractivity contribution in [2.45, 2.75) is 23.5 Å². The third-order valence-electron chi connectivity index (χ3n) is 3.74. The van der Waals surface area contributed by atoms with Crippen LogP contribution in [0.4, 0.5) is 0 Å². The topological polar surface area (TPSA) is 76.7 Å². The van der Waals surface area contributed by atoms with E-state index >= 15 is 0 Å². The van der Waals surface area contributed by atoms with Crippen molar-refractivity contribution in [1.29, 1.82) is 0 Å². The average Bonchev–Trinajstić information content (AvgIpc) is 3.05. The largest absolute Gasteiger partial charge is 0.493 e. The van der Waals surface area contributed by atoms with Gasteiger partial charge in [-0.3, -0.25) is 0 Å². The molecule has 2 atom stereocenters. The maximum absolute atomic E-state index is 12.4. The Morgan fingerprint density at radius 2 is 2.25 bits per heavy atom. The molecule has 6 nitrogen and oxygen atoms in total. The molecule has 1 aromatic rings. The Labute approximate surface area is 118 Å². The molecule has 2 heterocycles. The quantitative estimate of drug-likeness (QED) is 0.811. The number of hydrogen-bond acceptors (Lipinski definition) is 5. The zero-order valence-electron chi connectivity index (χ0n) is 11.3. The van der Waals surface area contributed by atoms with E-state index in [1.54, 1.807) is 25.3 Å². The van der Waals surface area contributed by atoms with Crippen LogP contribution in [-0.4, -0.2) is 47.4 Å². The lowest BCUT2D eigenvalue weighted by Gasteiger charge is -2.18. The third-order valence-corrected chi connectivity index (χ3v) is 5.23. The first kappa shape index (κ1) is 13.8. The Kier molecular flexibility index (Phi) is 3.68. The van der Waals surface area contributed by atoms with Gasteiger partial charge in [-0.15, -0.1) is 0 Å². The second kappa shape index (κ2) is 5.33. The second-order valence-corrected chi connectivity index (χ2v) is 6.74. The Morgan fingerprint density at radius 3 is 3.05 bits per heavy atom. The number of benzene rings is 1. The summed E-state index contributed by atoms with van der Waals surface area (Å²) >= 11 is 0. The normalized spacial score (nSPS) is 25.4. The molecule has 20 heavy (non-hydrogen) atoms. The van der Waals surface area contributed by atoms with Gasteiger partial charge < -0.3 is 14.8 Å². The molecule has 0 amide bonds. The minimum absolute atomic E-state index is 0.137. The van der Waals surface area contributed by atoms with Gasteiger partial charge in [-0.05, 0) is 23.8 Å². The summed E-state index contributed by atoms with van der Waals surface area (Å²) in [5.74, 6) is 0.779. The van der Waals surface area contributed by atoms with E-state index in [-0.39, 0.29) is 17.0 Å². The van der Waals surface area contributed by atoms with Crippen molar-refractivity contribution in [2.75, 3.05) is 26.8 Å². The van der Waals surface area contributed by atoms with Crippen molar-refractivity contribution in [3.05, 3.63) is 23.8 Å². The molecule has 0 aromatic heterocycles. The summed E-state index contributed by atoms with van der Waals surface area (Å²) in [6.45, 7) is 1.85. The van der Waals surface area contributed by atoms with Crippen LogP contribution >= 0.6 is 0 Å². The fourth-order valence-electron chi connectivity index (χ4n) is 2.62. The van der Waals surface area contributed by atoms with Gasteiger partial charge in [0.25, 0.3) is 0 Å². The molecule has 7 heteroatoms. The first-order valence-electron chi connectivity index (χ1n) is 6.62. The van der Waals surface area contributed by atoms with Gasteiger partial charge >= 0.3 is 0 Å². The summed E-state index contributed by atoms with van der Waals surface area (Å²) in [5, 5.41) is 3.12. The van der Waals surface area contributed by atoms with Crippen LogP contribution in [0.2, 0.25) is 0 Å². The van der Waals surface area contributed by atoms with Gasteiger partial charge in [0.15, 0.2) is 0 Å². The van der Waals surface area contributed by atoms with E-state index in [2.05, 4.69) is 10.0 Å². The van der Waals surface area contributed by atoms with Crippen molar-refractivity contribution < 1.29 is 17.9 Å². The number of ether oxygens (including phenoxy) is 2. The van der Waals surface area contributed by atoms with Crippen LogP contribution in [0, 0.1) is 0 Å². The van der Waals surface area contributed by atoms with E-state index in [0.717, 1.165) is 17.7 Å². The highest BCUT2D eigenvalue weighted by atomic mass is 32.2. The van der Waals surface area contributed by atoms with Gasteiger partial charge in [0, 0.05) is 26.6 Å². The molecule has 0 aliphatic carbocycles. The van der Waals surface area contributed by atoms with Gasteiger partial charge in [0.1, 0.15) is 5.75 Å². The summed E-state index contributed by atoms with van der Waals surface area (Å²) in [7, 11) is -1.94.